The van der Waals surface area contributed by atoms with Crippen LogP contribution in [0, 0.1) is 9.49 Å². The molecule has 0 bridgehead atoms. The van der Waals surface area contributed by atoms with Gasteiger partial charge in [-0.05, 0) is 47.2 Å². The van der Waals surface area contributed by atoms with Crippen LogP contribution >= 0.6 is 22.6 Å². The van der Waals surface area contributed by atoms with Crippen LogP contribution in [0.15, 0.2) is 18.2 Å². The Labute approximate surface area is 118 Å². The number of nitrogens with one attached hydrogen (secondary N) is 1. The molecule has 0 aliphatic carbocycles. The zero-order chi connectivity index (χ0) is 13.7. The van der Waals surface area contributed by atoms with Crippen LogP contribution in [0.2, 0.25) is 0 Å². The zero-order valence-electron chi connectivity index (χ0n) is 9.81. The highest BCUT2D eigenvalue weighted by Gasteiger charge is 2.13. The number of phenolic OH excluding ortho intramolecular Hbond substituents is 1. The van der Waals surface area contributed by atoms with Crippen LogP contribution in [0.4, 0.5) is 0 Å². The molecule has 0 saturated heterocycles. The van der Waals surface area contributed by atoms with Gasteiger partial charge in [-0.15, -0.1) is 0 Å². The summed E-state index contributed by atoms with van der Waals surface area (Å²) in [6.07, 6.45) is 0.353. The second-order valence-electron chi connectivity index (χ2n) is 3.95. The highest BCUT2D eigenvalue weighted by Crippen LogP contribution is 2.19. The lowest BCUT2D eigenvalue weighted by Crippen LogP contribution is -2.27. The SMILES string of the molecule is CC(CCNC(=O)c1cc(I)ccc1O)C(=O)O. The van der Waals surface area contributed by atoms with Crippen molar-refractivity contribution in [1.82, 2.24) is 5.32 Å². The summed E-state index contributed by atoms with van der Waals surface area (Å²) in [6, 6.07) is 4.72. The Morgan fingerprint density at radius 3 is 2.72 bits per heavy atom. The van der Waals surface area contributed by atoms with E-state index in [0.29, 0.717) is 6.42 Å². The van der Waals surface area contributed by atoms with Gasteiger partial charge in [-0.2, -0.15) is 0 Å². The second kappa shape index (κ2) is 6.58. The molecule has 1 unspecified atom stereocenters. The molecule has 0 saturated carbocycles. The van der Waals surface area contributed by atoms with Crippen molar-refractivity contribution in [1.29, 1.82) is 0 Å². The van der Waals surface area contributed by atoms with E-state index in [0.717, 1.165) is 3.57 Å². The number of hydrogen-bond acceptors (Lipinski definition) is 3. The quantitative estimate of drug-likeness (QED) is 0.697. The molecule has 1 amide bonds. The third kappa shape index (κ3) is 4.17. The summed E-state index contributed by atoms with van der Waals surface area (Å²) in [5.41, 5.74) is 0.199. The Morgan fingerprint density at radius 2 is 2.11 bits per heavy atom. The van der Waals surface area contributed by atoms with Crippen molar-refractivity contribution in [3.63, 3.8) is 0 Å². The summed E-state index contributed by atoms with van der Waals surface area (Å²) in [4.78, 5) is 22.3. The molecule has 0 radical (unpaired) electrons. The van der Waals surface area contributed by atoms with Crippen LogP contribution in [0.1, 0.15) is 23.7 Å². The first-order valence-electron chi connectivity index (χ1n) is 5.41. The molecule has 0 aliphatic rings. The van der Waals surface area contributed by atoms with Gasteiger partial charge in [-0.3, -0.25) is 9.59 Å². The molecule has 3 N–H and O–H groups in total. The van der Waals surface area contributed by atoms with E-state index in [-0.39, 0.29) is 17.9 Å². The van der Waals surface area contributed by atoms with Gasteiger partial charge in [0.15, 0.2) is 0 Å². The number of phenols is 1. The van der Waals surface area contributed by atoms with Crippen LogP contribution in [0.25, 0.3) is 0 Å². The van der Waals surface area contributed by atoms with Crippen molar-refractivity contribution in [3.8, 4) is 5.75 Å². The molecule has 5 nitrogen and oxygen atoms in total. The third-order valence-corrected chi connectivity index (χ3v) is 3.16. The lowest BCUT2D eigenvalue weighted by molar-refractivity contribution is -0.141. The Balaban J connectivity index is 2.55. The van der Waals surface area contributed by atoms with Gasteiger partial charge in [0.25, 0.3) is 5.91 Å². The molecule has 6 heteroatoms. The molecule has 1 aromatic rings. The van der Waals surface area contributed by atoms with Crippen LogP contribution in [0.3, 0.4) is 0 Å². The van der Waals surface area contributed by atoms with Crippen LogP contribution < -0.4 is 5.32 Å². The number of benzene rings is 1. The van der Waals surface area contributed by atoms with Crippen LogP contribution in [-0.4, -0.2) is 28.6 Å². The molecule has 0 aliphatic heterocycles. The lowest BCUT2D eigenvalue weighted by atomic mass is 10.1. The monoisotopic (exact) mass is 363 g/mol. The largest absolute Gasteiger partial charge is 0.507 e. The Kier molecular flexibility index (Phi) is 5.39. The van der Waals surface area contributed by atoms with E-state index < -0.39 is 17.8 Å². The number of hydrogen-bond donors (Lipinski definition) is 3. The van der Waals surface area contributed by atoms with Crippen molar-refractivity contribution in [2.45, 2.75) is 13.3 Å². The number of rotatable bonds is 5. The van der Waals surface area contributed by atoms with E-state index in [1.807, 2.05) is 22.6 Å². The lowest BCUT2D eigenvalue weighted by Gasteiger charge is -2.09. The Bertz CT molecular complexity index is 461. The molecule has 1 aromatic carbocycles. The molecule has 18 heavy (non-hydrogen) atoms. The van der Waals surface area contributed by atoms with Gasteiger partial charge >= 0.3 is 5.97 Å². The minimum Gasteiger partial charge on any atom is -0.507 e. The number of aromatic hydroxyl groups is 1. The van der Waals surface area contributed by atoms with Crippen molar-refractivity contribution >= 4 is 34.5 Å². The highest BCUT2D eigenvalue weighted by atomic mass is 127. The summed E-state index contributed by atoms with van der Waals surface area (Å²) in [6.45, 7) is 1.84. The summed E-state index contributed by atoms with van der Waals surface area (Å²) in [7, 11) is 0. The predicted molar refractivity (Wildman–Crippen MR) is 74.6 cm³/mol. The fourth-order valence-electron chi connectivity index (χ4n) is 1.31. The molecule has 0 fully saturated rings. The summed E-state index contributed by atoms with van der Waals surface area (Å²) >= 11 is 2.04. The smallest absolute Gasteiger partial charge is 0.306 e. The van der Waals surface area contributed by atoms with Gasteiger partial charge in [-0.1, -0.05) is 6.92 Å². The van der Waals surface area contributed by atoms with Crippen LogP contribution in [-0.2, 0) is 4.79 Å². The van der Waals surface area contributed by atoms with E-state index in [4.69, 9.17) is 5.11 Å². The third-order valence-electron chi connectivity index (χ3n) is 2.49. The summed E-state index contributed by atoms with van der Waals surface area (Å²) in [5.74, 6) is -1.88. The molecule has 1 rings (SSSR count). The molecule has 0 spiro atoms. The van der Waals surface area contributed by atoms with Gasteiger partial charge in [-0.25, -0.2) is 0 Å². The van der Waals surface area contributed by atoms with Crippen molar-refractivity contribution in [3.05, 3.63) is 27.3 Å². The first-order valence-corrected chi connectivity index (χ1v) is 6.49. The summed E-state index contributed by atoms with van der Waals surface area (Å²) < 4.78 is 0.842. The minimum absolute atomic E-state index is 0.0841. The number of carboxylic acids is 1. The van der Waals surface area contributed by atoms with Crippen molar-refractivity contribution in [2.24, 2.45) is 5.92 Å². The normalized spacial score (nSPS) is 11.9. The van der Waals surface area contributed by atoms with Gasteiger partial charge in [0, 0.05) is 10.1 Å². The number of aliphatic carboxylic acids is 1. The maximum Gasteiger partial charge on any atom is 0.306 e. The molecule has 0 aromatic heterocycles. The number of amides is 1. The van der Waals surface area contributed by atoms with Gasteiger partial charge < -0.3 is 15.5 Å². The maximum absolute atomic E-state index is 11.7. The van der Waals surface area contributed by atoms with E-state index in [1.54, 1.807) is 19.1 Å². The number of carbonyl (C=O) groups excluding carboxylic acids is 1. The van der Waals surface area contributed by atoms with E-state index in [9.17, 15) is 14.7 Å². The van der Waals surface area contributed by atoms with Gasteiger partial charge in [0.2, 0.25) is 0 Å². The Hall–Kier alpha value is -1.31. The van der Waals surface area contributed by atoms with Gasteiger partial charge in [0.05, 0.1) is 11.5 Å². The molecular weight excluding hydrogens is 349 g/mol. The Morgan fingerprint density at radius 1 is 1.44 bits per heavy atom. The molecular formula is C12H14INO4. The second-order valence-corrected chi connectivity index (χ2v) is 5.19. The molecule has 98 valence electrons. The number of carboxylic acid groups (broad SMARTS) is 1. The molecule has 0 heterocycles. The van der Waals surface area contributed by atoms with E-state index in [2.05, 4.69) is 5.32 Å². The topological polar surface area (TPSA) is 86.6 Å². The molecule has 1 atom stereocenters. The highest BCUT2D eigenvalue weighted by molar-refractivity contribution is 14.1. The average Bonchev–Trinajstić information content (AvgIpc) is 2.31. The first kappa shape index (κ1) is 14.7. The standard InChI is InChI=1S/C12H14INO4/c1-7(12(17)18)4-5-14-11(16)9-6-8(13)2-3-10(9)15/h2-3,6-7,15H,4-5H2,1H3,(H,14,16)(H,17,18). The fraction of sp³-hybridized carbons (Fsp3) is 0.333. The number of carbonyl (C=O) groups is 2. The van der Waals surface area contributed by atoms with E-state index in [1.165, 1.54) is 6.07 Å². The van der Waals surface area contributed by atoms with Crippen molar-refractivity contribution < 1.29 is 19.8 Å². The fourth-order valence-corrected chi connectivity index (χ4v) is 1.80. The predicted octanol–water partition coefficient (Wildman–Crippen LogP) is 1.84. The summed E-state index contributed by atoms with van der Waals surface area (Å²) in [5, 5.41) is 20.8. The van der Waals surface area contributed by atoms with Crippen LogP contribution in [0.5, 0.6) is 5.75 Å². The minimum atomic E-state index is -0.888. The van der Waals surface area contributed by atoms with E-state index >= 15 is 0 Å². The zero-order valence-corrected chi connectivity index (χ0v) is 12.0. The maximum atomic E-state index is 11.7. The van der Waals surface area contributed by atoms with Crippen molar-refractivity contribution in [2.75, 3.05) is 6.54 Å². The average molecular weight is 363 g/mol. The first-order chi connectivity index (χ1) is 8.41. The van der Waals surface area contributed by atoms with Gasteiger partial charge in [0.1, 0.15) is 5.75 Å². The number of halogens is 1.